The van der Waals surface area contributed by atoms with E-state index in [-0.39, 0.29) is 0 Å². The molecule has 192 valence electrons. The lowest BCUT2D eigenvalue weighted by Gasteiger charge is -2.26. The van der Waals surface area contributed by atoms with Crippen molar-refractivity contribution in [3.63, 3.8) is 0 Å². The van der Waals surface area contributed by atoms with E-state index in [1.54, 1.807) is 17.1 Å². The number of nitrogens with zero attached hydrogens (tertiary/aromatic N) is 4. The summed E-state index contributed by atoms with van der Waals surface area (Å²) in [5, 5.41) is 7.91. The summed E-state index contributed by atoms with van der Waals surface area (Å²) in [4.78, 5) is 22.7. The summed E-state index contributed by atoms with van der Waals surface area (Å²) in [7, 11) is 0. The number of nitrogens with one attached hydrogen (secondary N) is 2. The van der Waals surface area contributed by atoms with Crippen molar-refractivity contribution in [2.24, 2.45) is 0 Å². The Morgan fingerprint density at radius 1 is 0.974 bits per heavy atom. The van der Waals surface area contributed by atoms with E-state index in [0.29, 0.717) is 23.6 Å². The number of amides is 1. The maximum absolute atomic E-state index is 12.6. The zero-order valence-corrected chi connectivity index (χ0v) is 20.8. The Morgan fingerprint density at radius 3 is 2.58 bits per heavy atom. The third-order valence-electron chi connectivity index (χ3n) is 6.57. The molecule has 6 rings (SSSR count). The summed E-state index contributed by atoms with van der Waals surface area (Å²) in [6.45, 7) is 5.02. The van der Waals surface area contributed by atoms with E-state index in [9.17, 15) is 4.79 Å². The van der Waals surface area contributed by atoms with Crippen LogP contribution in [0.25, 0.3) is 22.2 Å². The van der Waals surface area contributed by atoms with Crippen LogP contribution in [0.4, 0.5) is 10.5 Å². The van der Waals surface area contributed by atoms with Gasteiger partial charge in [0.1, 0.15) is 5.65 Å². The maximum atomic E-state index is 12.6. The summed E-state index contributed by atoms with van der Waals surface area (Å²) in [6, 6.07) is 20.5. The van der Waals surface area contributed by atoms with Gasteiger partial charge in [-0.15, -0.1) is 0 Å². The normalized spacial score (nSPS) is 14.0. The summed E-state index contributed by atoms with van der Waals surface area (Å²) in [5.41, 5.74) is 5.69. The van der Waals surface area contributed by atoms with Gasteiger partial charge in [-0.05, 0) is 22.8 Å². The Bertz CT molecular complexity index is 1520. The minimum absolute atomic E-state index is 0.370. The van der Waals surface area contributed by atoms with E-state index in [0.717, 1.165) is 54.9 Å². The molecule has 0 aliphatic carbocycles. The molecule has 0 bridgehead atoms. The smallest absolute Gasteiger partial charge is 0.407 e. The van der Waals surface area contributed by atoms with Gasteiger partial charge >= 0.3 is 6.09 Å². The molecule has 9 nitrogen and oxygen atoms in total. The monoisotopic (exact) mass is 508 g/mol. The highest BCUT2D eigenvalue weighted by Crippen LogP contribution is 2.28. The topological polar surface area (TPSA) is 97.3 Å². The number of fused-ring (bicyclic) bond motifs is 1. The summed E-state index contributed by atoms with van der Waals surface area (Å²) in [6.07, 6.45) is 6.18. The van der Waals surface area contributed by atoms with Crippen LogP contribution < -0.4 is 10.1 Å². The molecule has 4 heterocycles. The lowest BCUT2D eigenvalue weighted by atomic mass is 10.0. The molecule has 2 N–H and O–H groups in total. The number of carbonyl (C=O) groups excluding carboxylic acids is 1. The molecule has 1 aliphatic rings. The number of rotatable bonds is 7. The number of benzene rings is 2. The molecule has 1 amide bonds. The molecule has 2 aromatic carbocycles. The summed E-state index contributed by atoms with van der Waals surface area (Å²) < 4.78 is 12.6. The molecule has 0 unspecified atom stereocenters. The zero-order chi connectivity index (χ0) is 25.7. The van der Waals surface area contributed by atoms with Gasteiger partial charge in [-0.3, -0.25) is 14.9 Å². The van der Waals surface area contributed by atoms with Crippen LogP contribution in [-0.2, 0) is 17.8 Å². The van der Waals surface area contributed by atoms with E-state index < -0.39 is 6.09 Å². The molecule has 3 aromatic heterocycles. The second-order valence-electron chi connectivity index (χ2n) is 9.28. The van der Waals surface area contributed by atoms with Crippen LogP contribution in [0.15, 0.2) is 85.5 Å². The highest BCUT2D eigenvalue weighted by molar-refractivity contribution is 6.00. The molecule has 0 spiro atoms. The zero-order valence-electron chi connectivity index (χ0n) is 20.8. The molecule has 5 aromatic rings. The van der Waals surface area contributed by atoms with Crippen LogP contribution in [0, 0.1) is 0 Å². The SMILES string of the molecule is O=C(Nc1c[nH]c2ncc(-c3ccc(CN4CCOCC4)cc3)cc12)Oc1cnn(Cc2ccccc2)c1. The predicted molar refractivity (Wildman–Crippen MR) is 145 cm³/mol. The molecule has 1 aliphatic heterocycles. The van der Waals surface area contributed by atoms with E-state index in [1.807, 2.05) is 42.6 Å². The van der Waals surface area contributed by atoms with Crippen LogP contribution in [0.1, 0.15) is 11.1 Å². The average Bonchev–Trinajstić information content (AvgIpc) is 3.56. The number of ether oxygens (including phenoxy) is 2. The first-order valence-electron chi connectivity index (χ1n) is 12.6. The lowest BCUT2D eigenvalue weighted by Crippen LogP contribution is -2.35. The molecule has 1 fully saturated rings. The number of hydrogen-bond donors (Lipinski definition) is 2. The number of H-pyrrole nitrogens is 1. The average molecular weight is 509 g/mol. The van der Waals surface area contributed by atoms with Crippen molar-refractivity contribution >= 4 is 22.8 Å². The number of aromatic nitrogens is 4. The van der Waals surface area contributed by atoms with Gasteiger partial charge in [0.25, 0.3) is 0 Å². The van der Waals surface area contributed by atoms with Crippen LogP contribution in [0.5, 0.6) is 5.75 Å². The van der Waals surface area contributed by atoms with Gasteiger partial charge in [-0.2, -0.15) is 5.10 Å². The van der Waals surface area contributed by atoms with Gasteiger partial charge in [0, 0.05) is 43.0 Å². The highest BCUT2D eigenvalue weighted by atomic mass is 16.6. The predicted octanol–water partition coefficient (Wildman–Crippen LogP) is 4.92. The Morgan fingerprint density at radius 2 is 1.76 bits per heavy atom. The molecule has 1 saturated heterocycles. The lowest BCUT2D eigenvalue weighted by molar-refractivity contribution is 0.0342. The Hall–Kier alpha value is -4.47. The third-order valence-corrected chi connectivity index (χ3v) is 6.57. The van der Waals surface area contributed by atoms with E-state index >= 15 is 0 Å². The van der Waals surface area contributed by atoms with Gasteiger partial charge in [-0.25, -0.2) is 9.78 Å². The highest BCUT2D eigenvalue weighted by Gasteiger charge is 2.14. The van der Waals surface area contributed by atoms with Crippen LogP contribution in [0.2, 0.25) is 0 Å². The summed E-state index contributed by atoms with van der Waals surface area (Å²) >= 11 is 0. The van der Waals surface area contributed by atoms with E-state index in [4.69, 9.17) is 9.47 Å². The van der Waals surface area contributed by atoms with Crippen LogP contribution >= 0.6 is 0 Å². The van der Waals surface area contributed by atoms with Crippen molar-refractivity contribution in [3.8, 4) is 16.9 Å². The van der Waals surface area contributed by atoms with E-state index in [2.05, 4.69) is 49.5 Å². The number of carbonyl (C=O) groups is 1. The van der Waals surface area contributed by atoms with Crippen molar-refractivity contribution < 1.29 is 14.3 Å². The third kappa shape index (κ3) is 5.59. The quantitative estimate of drug-likeness (QED) is 0.324. The van der Waals surface area contributed by atoms with Crippen molar-refractivity contribution in [3.05, 3.63) is 96.6 Å². The Labute approximate surface area is 220 Å². The van der Waals surface area contributed by atoms with Gasteiger partial charge in [-0.1, -0.05) is 54.6 Å². The van der Waals surface area contributed by atoms with Crippen molar-refractivity contribution in [2.45, 2.75) is 13.1 Å². The minimum Gasteiger partial charge on any atom is -0.407 e. The second kappa shape index (κ2) is 10.9. The van der Waals surface area contributed by atoms with Crippen molar-refractivity contribution in [1.29, 1.82) is 0 Å². The van der Waals surface area contributed by atoms with Crippen LogP contribution in [0.3, 0.4) is 0 Å². The largest absolute Gasteiger partial charge is 0.417 e. The van der Waals surface area contributed by atoms with E-state index in [1.165, 1.54) is 11.8 Å². The fourth-order valence-electron chi connectivity index (χ4n) is 4.58. The van der Waals surface area contributed by atoms with Gasteiger partial charge in [0.2, 0.25) is 0 Å². The Balaban J connectivity index is 1.11. The molecular formula is C29H28N6O3. The number of anilines is 1. The first-order chi connectivity index (χ1) is 18.7. The van der Waals surface area contributed by atoms with Gasteiger partial charge in [0.15, 0.2) is 5.75 Å². The molecule has 9 heteroatoms. The molecule has 0 saturated carbocycles. The first-order valence-corrected chi connectivity index (χ1v) is 12.6. The molecule has 0 atom stereocenters. The first kappa shape index (κ1) is 23.9. The minimum atomic E-state index is -0.594. The van der Waals surface area contributed by atoms with Crippen molar-refractivity contribution in [2.75, 3.05) is 31.6 Å². The molecule has 0 radical (unpaired) electrons. The van der Waals surface area contributed by atoms with Gasteiger partial charge in [0.05, 0.1) is 37.8 Å². The fourth-order valence-corrected chi connectivity index (χ4v) is 4.58. The second-order valence-corrected chi connectivity index (χ2v) is 9.28. The number of morpholine rings is 1. The summed E-state index contributed by atoms with van der Waals surface area (Å²) in [5.74, 6) is 0.370. The standard InChI is InChI=1S/C29H28N6O3/c36-29(38-25-16-32-35(20-25)19-21-4-2-1-3-5-21)33-27-17-31-28-26(27)14-24(15-30-28)23-8-6-22(7-9-23)18-34-10-12-37-13-11-34/h1-9,14-17,20H,10-13,18-19H2,(H,30,31)(H,33,36). The Kier molecular flexibility index (Phi) is 6.84. The number of hydrogen-bond acceptors (Lipinski definition) is 6. The fraction of sp³-hybridized carbons (Fsp3) is 0.207. The number of pyridine rings is 1. The maximum Gasteiger partial charge on any atom is 0.417 e. The van der Waals surface area contributed by atoms with Gasteiger partial charge < -0.3 is 14.5 Å². The number of aromatic amines is 1. The molecular weight excluding hydrogens is 480 g/mol. The van der Waals surface area contributed by atoms with Crippen LogP contribution in [-0.4, -0.2) is 57.0 Å². The molecule has 38 heavy (non-hydrogen) atoms. The van der Waals surface area contributed by atoms with Crippen molar-refractivity contribution in [1.82, 2.24) is 24.6 Å².